The topological polar surface area (TPSA) is 93.3 Å². The van der Waals surface area contributed by atoms with Crippen LogP contribution in [0.5, 0.6) is 11.6 Å². The largest absolute Gasteiger partial charge is 0.491 e. The SMILES string of the molecule is COc1cc(-c2ccc3c(c2)CN(c2cnn([C@@H](C)C#N)c2)C3=O)cnc1OC. The summed E-state index contributed by atoms with van der Waals surface area (Å²) in [7, 11) is 3.11. The first-order valence-corrected chi connectivity index (χ1v) is 9.02. The van der Waals surface area contributed by atoms with Gasteiger partial charge in [0, 0.05) is 17.3 Å². The molecule has 8 heteroatoms. The first-order valence-electron chi connectivity index (χ1n) is 9.02. The van der Waals surface area contributed by atoms with Crippen LogP contribution in [-0.2, 0) is 6.54 Å². The molecule has 0 saturated carbocycles. The Morgan fingerprint density at radius 3 is 2.72 bits per heavy atom. The van der Waals surface area contributed by atoms with Crippen molar-refractivity contribution in [2.24, 2.45) is 0 Å². The Bertz CT molecular complexity index is 1130. The van der Waals surface area contributed by atoms with Gasteiger partial charge in [-0.3, -0.25) is 9.48 Å². The number of fused-ring (bicyclic) bond motifs is 1. The van der Waals surface area contributed by atoms with E-state index in [1.54, 1.807) is 49.3 Å². The summed E-state index contributed by atoms with van der Waals surface area (Å²) >= 11 is 0. The Morgan fingerprint density at radius 2 is 2.00 bits per heavy atom. The molecule has 0 spiro atoms. The zero-order valence-corrected chi connectivity index (χ0v) is 16.3. The Balaban J connectivity index is 1.64. The minimum absolute atomic E-state index is 0.0823. The highest BCUT2D eigenvalue weighted by molar-refractivity contribution is 6.10. The number of rotatable bonds is 5. The van der Waals surface area contributed by atoms with E-state index in [0.717, 1.165) is 16.7 Å². The Labute approximate surface area is 167 Å². The van der Waals surface area contributed by atoms with Crippen molar-refractivity contribution in [3.63, 3.8) is 0 Å². The summed E-state index contributed by atoms with van der Waals surface area (Å²) in [5.41, 5.74) is 4.04. The van der Waals surface area contributed by atoms with Crippen molar-refractivity contribution in [2.45, 2.75) is 19.5 Å². The predicted octanol–water partition coefficient (Wildman–Crippen LogP) is 3.21. The average molecular weight is 389 g/mol. The summed E-state index contributed by atoms with van der Waals surface area (Å²) in [5.74, 6) is 0.880. The van der Waals surface area contributed by atoms with Crippen LogP contribution in [0.1, 0.15) is 28.9 Å². The molecule has 0 unspecified atom stereocenters. The molecule has 1 aliphatic heterocycles. The van der Waals surface area contributed by atoms with Gasteiger partial charge in [-0.15, -0.1) is 0 Å². The lowest BCUT2D eigenvalue weighted by molar-refractivity contribution is 0.0996. The number of amides is 1. The van der Waals surface area contributed by atoms with E-state index >= 15 is 0 Å². The van der Waals surface area contributed by atoms with Gasteiger partial charge in [-0.1, -0.05) is 6.07 Å². The van der Waals surface area contributed by atoms with Crippen molar-refractivity contribution in [2.75, 3.05) is 19.1 Å². The van der Waals surface area contributed by atoms with Crippen LogP contribution in [0, 0.1) is 11.3 Å². The number of pyridine rings is 1. The fourth-order valence-corrected chi connectivity index (χ4v) is 3.34. The third-order valence-corrected chi connectivity index (χ3v) is 4.96. The fraction of sp³-hybridized carbons (Fsp3) is 0.238. The molecular formula is C21H19N5O3. The van der Waals surface area contributed by atoms with Crippen molar-refractivity contribution in [1.29, 1.82) is 5.26 Å². The third-order valence-electron chi connectivity index (χ3n) is 4.96. The lowest BCUT2D eigenvalue weighted by Gasteiger charge is -2.12. The number of nitrogens with zero attached hydrogens (tertiary/aromatic N) is 5. The van der Waals surface area contributed by atoms with E-state index in [2.05, 4.69) is 16.2 Å². The molecule has 0 radical (unpaired) electrons. The Morgan fingerprint density at radius 1 is 1.17 bits per heavy atom. The predicted molar refractivity (Wildman–Crippen MR) is 106 cm³/mol. The van der Waals surface area contributed by atoms with Gasteiger partial charge in [0.25, 0.3) is 11.8 Å². The molecule has 0 N–H and O–H groups in total. The lowest BCUT2D eigenvalue weighted by atomic mass is 10.0. The van der Waals surface area contributed by atoms with Crippen LogP contribution in [0.3, 0.4) is 0 Å². The molecule has 146 valence electrons. The normalized spacial score (nSPS) is 13.7. The molecule has 0 aliphatic carbocycles. The molecule has 0 fully saturated rings. The zero-order valence-electron chi connectivity index (χ0n) is 16.3. The van der Waals surface area contributed by atoms with Crippen molar-refractivity contribution in [3.05, 3.63) is 54.0 Å². The van der Waals surface area contributed by atoms with Crippen LogP contribution in [0.2, 0.25) is 0 Å². The highest BCUT2D eigenvalue weighted by Crippen LogP contribution is 2.34. The number of anilines is 1. The molecule has 0 bridgehead atoms. The van der Waals surface area contributed by atoms with Gasteiger partial charge in [0.15, 0.2) is 5.75 Å². The summed E-state index contributed by atoms with van der Waals surface area (Å²) in [6, 6.07) is 9.29. The first kappa shape index (κ1) is 18.5. The van der Waals surface area contributed by atoms with Gasteiger partial charge in [-0.05, 0) is 36.2 Å². The highest BCUT2D eigenvalue weighted by Gasteiger charge is 2.30. The van der Waals surface area contributed by atoms with E-state index in [-0.39, 0.29) is 5.91 Å². The van der Waals surface area contributed by atoms with E-state index in [4.69, 9.17) is 14.7 Å². The summed E-state index contributed by atoms with van der Waals surface area (Å²) in [6.45, 7) is 2.19. The van der Waals surface area contributed by atoms with Crippen LogP contribution in [0.25, 0.3) is 11.1 Å². The van der Waals surface area contributed by atoms with Crippen molar-refractivity contribution in [1.82, 2.24) is 14.8 Å². The number of ether oxygens (including phenoxy) is 2. The van der Waals surface area contributed by atoms with Gasteiger partial charge in [-0.2, -0.15) is 10.4 Å². The van der Waals surface area contributed by atoms with E-state index in [9.17, 15) is 4.79 Å². The summed E-state index contributed by atoms with van der Waals surface area (Å²) in [4.78, 5) is 18.8. The molecule has 0 saturated heterocycles. The van der Waals surface area contributed by atoms with Gasteiger partial charge in [0.05, 0.1) is 44.9 Å². The number of hydrogen-bond acceptors (Lipinski definition) is 6. The highest BCUT2D eigenvalue weighted by atomic mass is 16.5. The van der Waals surface area contributed by atoms with Gasteiger partial charge >= 0.3 is 0 Å². The molecular weight excluding hydrogens is 370 g/mol. The number of nitriles is 1. The fourth-order valence-electron chi connectivity index (χ4n) is 3.34. The van der Waals surface area contributed by atoms with E-state index in [0.29, 0.717) is 29.4 Å². The minimum Gasteiger partial charge on any atom is -0.491 e. The van der Waals surface area contributed by atoms with Gasteiger partial charge in [0.2, 0.25) is 0 Å². The van der Waals surface area contributed by atoms with Gasteiger partial charge in [-0.25, -0.2) is 4.98 Å². The van der Waals surface area contributed by atoms with Crippen LogP contribution >= 0.6 is 0 Å². The smallest absolute Gasteiger partial charge is 0.259 e. The monoisotopic (exact) mass is 389 g/mol. The molecule has 4 rings (SSSR count). The first-order chi connectivity index (χ1) is 14.0. The number of carbonyl (C=O) groups is 1. The van der Waals surface area contributed by atoms with Crippen LogP contribution in [0.4, 0.5) is 5.69 Å². The number of hydrogen-bond donors (Lipinski definition) is 0. The van der Waals surface area contributed by atoms with E-state index in [1.165, 1.54) is 0 Å². The molecule has 3 heterocycles. The maximum Gasteiger partial charge on any atom is 0.259 e. The second-order valence-electron chi connectivity index (χ2n) is 6.68. The number of methoxy groups -OCH3 is 2. The number of carbonyl (C=O) groups excluding carboxylic acids is 1. The van der Waals surface area contributed by atoms with Gasteiger partial charge in [0.1, 0.15) is 6.04 Å². The quantitative estimate of drug-likeness (QED) is 0.665. The van der Waals surface area contributed by atoms with Crippen molar-refractivity contribution < 1.29 is 14.3 Å². The third kappa shape index (κ3) is 3.17. The minimum atomic E-state index is -0.395. The molecule has 1 atom stereocenters. The molecule has 1 amide bonds. The van der Waals surface area contributed by atoms with Crippen LogP contribution in [0.15, 0.2) is 42.9 Å². The summed E-state index contributed by atoms with van der Waals surface area (Å²) in [6.07, 6.45) is 5.04. The molecule has 8 nitrogen and oxygen atoms in total. The summed E-state index contributed by atoms with van der Waals surface area (Å²) < 4.78 is 12.1. The van der Waals surface area contributed by atoms with E-state index in [1.807, 2.05) is 24.3 Å². The maximum absolute atomic E-state index is 12.9. The Hall–Kier alpha value is -3.86. The lowest BCUT2D eigenvalue weighted by Crippen LogP contribution is -2.22. The van der Waals surface area contributed by atoms with Crippen LogP contribution < -0.4 is 14.4 Å². The van der Waals surface area contributed by atoms with Crippen molar-refractivity contribution >= 4 is 11.6 Å². The standard InChI is InChI=1S/C21H19N5O3/c1-13(8-22)26-12-17(10-24-26)25-11-16-6-14(4-5-18(16)21(25)27)15-7-19(28-2)20(29-3)23-9-15/h4-7,9-10,12-13H,11H2,1-3H3/t13-/m0/s1. The number of benzene rings is 1. The molecule has 1 aliphatic rings. The average Bonchev–Trinajstić information content (AvgIpc) is 3.37. The van der Waals surface area contributed by atoms with Gasteiger partial charge < -0.3 is 14.4 Å². The Kier molecular flexibility index (Phi) is 4.64. The second-order valence-corrected chi connectivity index (χ2v) is 6.68. The number of aromatic nitrogens is 3. The molecule has 29 heavy (non-hydrogen) atoms. The van der Waals surface area contributed by atoms with Crippen molar-refractivity contribution in [3.8, 4) is 28.8 Å². The maximum atomic E-state index is 12.9. The second kappa shape index (κ2) is 7.28. The zero-order chi connectivity index (χ0) is 20.5. The molecule has 3 aromatic rings. The molecule has 2 aromatic heterocycles. The van der Waals surface area contributed by atoms with Crippen LogP contribution in [-0.4, -0.2) is 34.9 Å². The van der Waals surface area contributed by atoms with E-state index < -0.39 is 6.04 Å². The summed E-state index contributed by atoms with van der Waals surface area (Å²) in [5, 5.41) is 13.2. The molecule has 1 aromatic carbocycles.